The molecule has 0 saturated carbocycles. The summed E-state index contributed by atoms with van der Waals surface area (Å²) in [7, 11) is -3.92. The van der Waals surface area contributed by atoms with Gasteiger partial charge in [-0.1, -0.05) is 85.7 Å². The van der Waals surface area contributed by atoms with Gasteiger partial charge in [-0.2, -0.15) is 0 Å². The first-order valence-electron chi connectivity index (χ1n) is 13.8. The standard InChI is InChI=1S/C29H54O4Si2/c1-12-25(23(6)32-35(13-2,14-3)15-4)27(33-34(10,11)29(7,8)9)21-26(30)22(5)28(31)24-19-17-16-18-20-24/h16-20,22-23,25,27-28,31H,12-15,21H2,1-11H3. The van der Waals surface area contributed by atoms with Gasteiger partial charge in [-0.15, -0.1) is 0 Å². The van der Waals surface area contributed by atoms with Gasteiger partial charge < -0.3 is 14.0 Å². The number of Topliss-reactive ketones (excluding diaryl/α,β-unsaturated/α-hetero) is 1. The van der Waals surface area contributed by atoms with Crippen LogP contribution in [0.25, 0.3) is 0 Å². The number of rotatable bonds is 15. The van der Waals surface area contributed by atoms with Gasteiger partial charge in [-0.3, -0.25) is 4.79 Å². The molecule has 1 aromatic carbocycles. The SMILES string of the molecule is CCC(C(C)O[Si](CC)(CC)CC)C(CC(=O)C(C)C(O)c1ccccc1)O[Si](C)(C)C(C)(C)C. The van der Waals surface area contributed by atoms with Crippen LogP contribution in [0.1, 0.15) is 86.8 Å². The van der Waals surface area contributed by atoms with E-state index >= 15 is 0 Å². The highest BCUT2D eigenvalue weighted by atomic mass is 28.4. The maximum atomic E-state index is 13.5. The Hall–Kier alpha value is -0.796. The molecule has 0 aliphatic heterocycles. The largest absolute Gasteiger partial charge is 0.414 e. The first-order chi connectivity index (χ1) is 16.2. The van der Waals surface area contributed by atoms with Crippen molar-refractivity contribution in [1.82, 2.24) is 0 Å². The predicted molar refractivity (Wildman–Crippen MR) is 154 cm³/mol. The molecule has 1 aromatic rings. The normalized spacial score (nSPS) is 17.5. The maximum absolute atomic E-state index is 13.5. The summed E-state index contributed by atoms with van der Waals surface area (Å²) in [4.78, 5) is 13.5. The van der Waals surface area contributed by atoms with Crippen LogP contribution in [0.5, 0.6) is 0 Å². The average molecular weight is 523 g/mol. The van der Waals surface area contributed by atoms with E-state index in [0.29, 0.717) is 6.42 Å². The molecule has 0 bridgehead atoms. The molecule has 0 fully saturated rings. The van der Waals surface area contributed by atoms with Gasteiger partial charge in [0.15, 0.2) is 16.6 Å². The summed E-state index contributed by atoms with van der Waals surface area (Å²) in [6.45, 7) is 24.2. The number of carbonyl (C=O) groups is 1. The van der Waals surface area contributed by atoms with E-state index in [-0.39, 0.29) is 28.9 Å². The molecule has 1 N–H and O–H groups in total. The quantitative estimate of drug-likeness (QED) is 0.236. The van der Waals surface area contributed by atoms with Crippen molar-refractivity contribution in [2.45, 2.75) is 130 Å². The summed E-state index contributed by atoms with van der Waals surface area (Å²) in [5.41, 5.74) is 0.781. The Labute approximate surface area is 218 Å². The van der Waals surface area contributed by atoms with Crippen molar-refractivity contribution in [3.63, 3.8) is 0 Å². The number of benzene rings is 1. The zero-order valence-electron chi connectivity index (χ0n) is 24.5. The third-order valence-corrected chi connectivity index (χ3v) is 17.9. The number of hydrogen-bond acceptors (Lipinski definition) is 4. The Morgan fingerprint density at radius 3 is 1.89 bits per heavy atom. The maximum Gasteiger partial charge on any atom is 0.192 e. The smallest absolute Gasteiger partial charge is 0.192 e. The molecule has 0 aliphatic rings. The summed E-state index contributed by atoms with van der Waals surface area (Å²) in [6, 6.07) is 12.8. The van der Waals surface area contributed by atoms with Crippen LogP contribution in [-0.4, -0.2) is 39.7 Å². The van der Waals surface area contributed by atoms with Crippen molar-refractivity contribution >= 4 is 22.4 Å². The molecule has 5 unspecified atom stereocenters. The zero-order chi connectivity index (χ0) is 27.0. The highest BCUT2D eigenvalue weighted by molar-refractivity contribution is 6.74. The van der Waals surface area contributed by atoms with E-state index in [1.807, 2.05) is 37.3 Å². The number of carbonyl (C=O) groups excluding carboxylic acids is 1. The molecule has 1 rings (SSSR count). The molecule has 4 nitrogen and oxygen atoms in total. The molecule has 6 heteroatoms. The zero-order valence-corrected chi connectivity index (χ0v) is 26.5. The fraction of sp³-hybridized carbons (Fsp3) is 0.759. The topological polar surface area (TPSA) is 55.8 Å². The fourth-order valence-electron chi connectivity index (χ4n) is 4.71. The number of ketones is 1. The highest BCUT2D eigenvalue weighted by Gasteiger charge is 2.43. The Morgan fingerprint density at radius 2 is 1.46 bits per heavy atom. The molecule has 0 aromatic heterocycles. The van der Waals surface area contributed by atoms with Crippen LogP contribution in [0.15, 0.2) is 30.3 Å². The lowest BCUT2D eigenvalue weighted by Crippen LogP contribution is -2.50. The van der Waals surface area contributed by atoms with E-state index in [2.05, 4.69) is 68.5 Å². The summed E-state index contributed by atoms with van der Waals surface area (Å²) in [5, 5.41) is 11.0. The van der Waals surface area contributed by atoms with Gasteiger partial charge in [0.05, 0.1) is 12.2 Å². The fourth-order valence-corrected chi connectivity index (χ4v) is 9.05. The lowest BCUT2D eigenvalue weighted by Gasteiger charge is -2.44. The second kappa shape index (κ2) is 13.7. The van der Waals surface area contributed by atoms with Crippen molar-refractivity contribution in [1.29, 1.82) is 0 Å². The van der Waals surface area contributed by atoms with E-state index < -0.39 is 28.7 Å². The molecule has 5 atom stereocenters. The van der Waals surface area contributed by atoms with Crippen LogP contribution < -0.4 is 0 Å². The monoisotopic (exact) mass is 522 g/mol. The Balaban J connectivity index is 3.25. The van der Waals surface area contributed by atoms with E-state index in [9.17, 15) is 9.90 Å². The van der Waals surface area contributed by atoms with E-state index in [0.717, 1.165) is 30.1 Å². The Morgan fingerprint density at radius 1 is 0.943 bits per heavy atom. The number of aliphatic hydroxyl groups excluding tert-OH is 1. The minimum atomic E-state index is -2.13. The van der Waals surface area contributed by atoms with Crippen LogP contribution >= 0.6 is 0 Å². The summed E-state index contributed by atoms with van der Waals surface area (Å²) >= 11 is 0. The molecule has 0 saturated heterocycles. The van der Waals surface area contributed by atoms with Gasteiger partial charge in [-0.05, 0) is 55.2 Å². The summed E-state index contributed by atoms with van der Waals surface area (Å²) < 4.78 is 13.9. The third-order valence-electron chi connectivity index (χ3n) is 8.70. The molecule has 0 radical (unpaired) electrons. The van der Waals surface area contributed by atoms with E-state index in [1.54, 1.807) is 0 Å². The Kier molecular flexibility index (Phi) is 12.6. The molecule has 0 heterocycles. The first kappa shape index (κ1) is 32.2. The van der Waals surface area contributed by atoms with Crippen LogP contribution in [0, 0.1) is 11.8 Å². The highest BCUT2D eigenvalue weighted by Crippen LogP contribution is 2.40. The molecular weight excluding hydrogens is 468 g/mol. The summed E-state index contributed by atoms with van der Waals surface area (Å²) in [5.74, 6) is -0.307. The molecule has 35 heavy (non-hydrogen) atoms. The second-order valence-corrected chi connectivity index (χ2v) is 21.3. The molecule has 0 spiro atoms. The van der Waals surface area contributed by atoms with Crippen molar-refractivity contribution in [3.05, 3.63) is 35.9 Å². The van der Waals surface area contributed by atoms with Gasteiger partial charge in [-0.25, -0.2) is 0 Å². The van der Waals surface area contributed by atoms with E-state index in [4.69, 9.17) is 8.85 Å². The number of hydrogen-bond donors (Lipinski definition) is 1. The molecule has 0 aliphatic carbocycles. The van der Waals surface area contributed by atoms with Crippen LogP contribution in [0.4, 0.5) is 0 Å². The molecular formula is C29H54O4Si2. The van der Waals surface area contributed by atoms with Crippen molar-refractivity contribution in [3.8, 4) is 0 Å². The van der Waals surface area contributed by atoms with Crippen LogP contribution in [0.3, 0.4) is 0 Å². The molecule has 0 amide bonds. The first-order valence-corrected chi connectivity index (χ1v) is 19.2. The van der Waals surface area contributed by atoms with Crippen molar-refractivity contribution in [2.24, 2.45) is 11.8 Å². The lowest BCUT2D eigenvalue weighted by molar-refractivity contribution is -0.128. The minimum absolute atomic E-state index is 0.0310. The van der Waals surface area contributed by atoms with Crippen molar-refractivity contribution < 1.29 is 18.8 Å². The number of aliphatic hydroxyl groups is 1. The molecule has 202 valence electrons. The lowest BCUT2D eigenvalue weighted by atomic mass is 9.86. The van der Waals surface area contributed by atoms with Crippen LogP contribution in [0.2, 0.25) is 36.3 Å². The van der Waals surface area contributed by atoms with Crippen molar-refractivity contribution in [2.75, 3.05) is 0 Å². The van der Waals surface area contributed by atoms with Gasteiger partial charge in [0.1, 0.15) is 5.78 Å². The van der Waals surface area contributed by atoms with Gasteiger partial charge >= 0.3 is 0 Å². The second-order valence-electron chi connectivity index (χ2n) is 11.9. The van der Waals surface area contributed by atoms with Gasteiger partial charge in [0.2, 0.25) is 0 Å². The van der Waals surface area contributed by atoms with Gasteiger partial charge in [0, 0.05) is 24.4 Å². The van der Waals surface area contributed by atoms with Crippen LogP contribution in [-0.2, 0) is 13.6 Å². The van der Waals surface area contributed by atoms with Gasteiger partial charge in [0.25, 0.3) is 0 Å². The minimum Gasteiger partial charge on any atom is -0.414 e. The predicted octanol–water partition coefficient (Wildman–Crippen LogP) is 8.14. The Bertz CT molecular complexity index is 747. The summed E-state index contributed by atoms with van der Waals surface area (Å²) in [6.07, 6.45) is 0.203. The average Bonchev–Trinajstić information content (AvgIpc) is 2.81. The third kappa shape index (κ3) is 8.63. The van der Waals surface area contributed by atoms with E-state index in [1.165, 1.54) is 0 Å².